The third kappa shape index (κ3) is 5.94. The smallest absolute Gasteiger partial charge is 0.346 e. The van der Waals surface area contributed by atoms with Crippen LogP contribution in [0.5, 0.6) is 0 Å². The van der Waals surface area contributed by atoms with Gasteiger partial charge >= 0.3 is 6.18 Å². The Morgan fingerprint density at radius 2 is 1.91 bits per heavy atom. The van der Waals surface area contributed by atoms with Crippen LogP contribution < -0.4 is 5.32 Å². The molecule has 1 aliphatic carbocycles. The number of hydrogen-bond donors (Lipinski definition) is 1. The Morgan fingerprint density at radius 3 is 2.58 bits per heavy atom. The Labute approximate surface area is 192 Å². The predicted octanol–water partition coefficient (Wildman–Crippen LogP) is 5.35. The topological polar surface area (TPSA) is 58.1 Å². The number of rotatable bonds is 8. The molecule has 174 valence electrons. The molecule has 1 N–H and O–H groups in total. The van der Waals surface area contributed by atoms with Gasteiger partial charge in [0.25, 0.3) is 5.91 Å². The number of alkyl halides is 3. The van der Waals surface area contributed by atoms with E-state index in [2.05, 4.69) is 20.4 Å². The normalized spacial score (nSPS) is 15.0. The second-order valence-corrected chi connectivity index (χ2v) is 9.07. The number of hydrogen-bond acceptors (Lipinski definition) is 5. The first kappa shape index (κ1) is 23.3. The van der Waals surface area contributed by atoms with E-state index in [0.717, 1.165) is 35.8 Å². The number of nitrogens with zero attached hydrogens (tertiary/aromatic N) is 3. The summed E-state index contributed by atoms with van der Waals surface area (Å²) in [6.45, 7) is 2.50. The average Bonchev–Trinajstić information content (AvgIpc) is 3.53. The first-order valence-corrected chi connectivity index (χ1v) is 11.3. The van der Waals surface area contributed by atoms with E-state index in [9.17, 15) is 22.4 Å². The van der Waals surface area contributed by atoms with Crippen LogP contribution in [-0.2, 0) is 19.3 Å². The molecule has 3 aromatic rings. The van der Waals surface area contributed by atoms with Crippen LogP contribution in [0.2, 0.25) is 0 Å². The van der Waals surface area contributed by atoms with E-state index in [-0.39, 0.29) is 35.4 Å². The maximum absolute atomic E-state index is 13.1. The highest BCUT2D eigenvalue weighted by atomic mass is 32.1. The third-order valence-electron chi connectivity index (χ3n) is 5.55. The van der Waals surface area contributed by atoms with Crippen LogP contribution in [0, 0.1) is 5.82 Å². The van der Waals surface area contributed by atoms with Crippen molar-refractivity contribution in [3.63, 3.8) is 0 Å². The van der Waals surface area contributed by atoms with Crippen LogP contribution in [0.3, 0.4) is 0 Å². The molecule has 1 unspecified atom stereocenters. The summed E-state index contributed by atoms with van der Waals surface area (Å²) in [6.07, 6.45) is -2.46. The van der Waals surface area contributed by atoms with Gasteiger partial charge in [-0.05, 0) is 55.2 Å². The molecule has 0 bridgehead atoms. The van der Waals surface area contributed by atoms with Crippen molar-refractivity contribution in [2.24, 2.45) is 0 Å². The first-order valence-electron chi connectivity index (χ1n) is 10.5. The Morgan fingerprint density at radius 1 is 1.18 bits per heavy atom. The van der Waals surface area contributed by atoms with E-state index >= 15 is 0 Å². The van der Waals surface area contributed by atoms with Crippen LogP contribution in [0.15, 0.2) is 48.5 Å². The second kappa shape index (κ2) is 9.56. The lowest BCUT2D eigenvalue weighted by atomic mass is 10.0. The SMILES string of the molecule is CC(c1cccc(C(F)(F)F)c1)N(Cc1nnc(C(=O)NCc2ccc(F)cc2)s1)C1CC1. The molecule has 1 aromatic heterocycles. The Bertz CT molecular complexity index is 1110. The van der Waals surface area contributed by atoms with Crippen molar-refractivity contribution < 1.29 is 22.4 Å². The number of nitrogens with one attached hydrogen (secondary N) is 1. The minimum atomic E-state index is -4.39. The molecular formula is C23H22F4N4OS. The van der Waals surface area contributed by atoms with E-state index < -0.39 is 11.7 Å². The molecule has 4 rings (SSSR count). The maximum Gasteiger partial charge on any atom is 0.416 e. The van der Waals surface area contributed by atoms with Gasteiger partial charge in [0.05, 0.1) is 12.1 Å². The van der Waals surface area contributed by atoms with Gasteiger partial charge in [-0.1, -0.05) is 35.6 Å². The molecule has 1 aliphatic rings. The molecular weight excluding hydrogens is 456 g/mol. The van der Waals surface area contributed by atoms with Crippen molar-refractivity contribution in [2.45, 2.75) is 51.1 Å². The highest BCUT2D eigenvalue weighted by molar-refractivity contribution is 7.13. The summed E-state index contributed by atoms with van der Waals surface area (Å²) in [6, 6.07) is 11.2. The van der Waals surface area contributed by atoms with E-state index in [1.807, 2.05) is 6.92 Å². The molecule has 2 aromatic carbocycles. The molecule has 1 amide bonds. The van der Waals surface area contributed by atoms with Crippen LogP contribution in [0.25, 0.3) is 0 Å². The van der Waals surface area contributed by atoms with E-state index in [1.54, 1.807) is 18.2 Å². The predicted molar refractivity (Wildman–Crippen MR) is 116 cm³/mol. The Hall–Kier alpha value is -2.85. The number of carbonyl (C=O) groups excluding carboxylic acids is 1. The maximum atomic E-state index is 13.1. The fourth-order valence-corrected chi connectivity index (χ4v) is 4.35. The molecule has 1 saturated carbocycles. The fraction of sp³-hybridized carbons (Fsp3) is 0.348. The Balaban J connectivity index is 1.42. The van der Waals surface area contributed by atoms with Gasteiger partial charge in [-0.15, -0.1) is 10.2 Å². The van der Waals surface area contributed by atoms with E-state index in [0.29, 0.717) is 17.1 Å². The van der Waals surface area contributed by atoms with Gasteiger partial charge < -0.3 is 5.32 Å². The molecule has 1 atom stereocenters. The molecule has 1 heterocycles. The van der Waals surface area contributed by atoms with Crippen molar-refractivity contribution in [3.8, 4) is 0 Å². The summed E-state index contributed by atoms with van der Waals surface area (Å²) in [5.41, 5.74) is 0.668. The van der Waals surface area contributed by atoms with Crippen LogP contribution in [-0.4, -0.2) is 27.0 Å². The van der Waals surface area contributed by atoms with E-state index in [4.69, 9.17) is 0 Å². The average molecular weight is 479 g/mol. The largest absolute Gasteiger partial charge is 0.416 e. The first-order chi connectivity index (χ1) is 15.7. The zero-order valence-corrected chi connectivity index (χ0v) is 18.6. The summed E-state index contributed by atoms with van der Waals surface area (Å²) in [5, 5.41) is 11.7. The highest BCUT2D eigenvalue weighted by Gasteiger charge is 2.35. The van der Waals surface area contributed by atoms with Crippen LogP contribution >= 0.6 is 11.3 Å². The van der Waals surface area contributed by atoms with Gasteiger partial charge in [-0.2, -0.15) is 13.2 Å². The quantitative estimate of drug-likeness (QED) is 0.444. The molecule has 0 spiro atoms. The number of amides is 1. The molecule has 1 fully saturated rings. The summed E-state index contributed by atoms with van der Waals surface area (Å²) >= 11 is 1.16. The number of aromatic nitrogens is 2. The molecule has 10 heteroatoms. The van der Waals surface area contributed by atoms with Crippen molar-refractivity contribution in [3.05, 3.63) is 81.1 Å². The standard InChI is InChI=1S/C23H22F4N4OS/c1-14(16-3-2-4-17(11-16)23(25,26)27)31(19-9-10-19)13-20-29-30-22(33-20)21(32)28-12-15-5-7-18(24)8-6-15/h2-8,11,14,19H,9-10,12-13H2,1H3,(H,28,32). The molecule has 0 aliphatic heterocycles. The summed E-state index contributed by atoms with van der Waals surface area (Å²) in [5.74, 6) is -0.731. The van der Waals surface area contributed by atoms with Crippen molar-refractivity contribution in [1.29, 1.82) is 0 Å². The zero-order chi connectivity index (χ0) is 23.6. The number of carbonyl (C=O) groups is 1. The van der Waals surface area contributed by atoms with Crippen LogP contribution in [0.4, 0.5) is 17.6 Å². The monoisotopic (exact) mass is 478 g/mol. The number of halogens is 4. The van der Waals surface area contributed by atoms with Crippen molar-refractivity contribution in [1.82, 2.24) is 20.4 Å². The summed E-state index contributed by atoms with van der Waals surface area (Å²) in [4.78, 5) is 14.5. The van der Waals surface area contributed by atoms with Crippen LogP contribution in [0.1, 0.15) is 57.3 Å². The minimum Gasteiger partial charge on any atom is -0.346 e. The second-order valence-electron chi connectivity index (χ2n) is 8.01. The van der Waals surface area contributed by atoms with E-state index in [1.165, 1.54) is 24.3 Å². The third-order valence-corrected chi connectivity index (χ3v) is 6.46. The number of benzene rings is 2. The van der Waals surface area contributed by atoms with Gasteiger partial charge in [0.1, 0.15) is 10.8 Å². The molecule has 5 nitrogen and oxygen atoms in total. The molecule has 0 saturated heterocycles. The van der Waals surface area contributed by atoms with Gasteiger partial charge in [-0.25, -0.2) is 4.39 Å². The lowest BCUT2D eigenvalue weighted by Crippen LogP contribution is -2.29. The van der Waals surface area contributed by atoms with Gasteiger partial charge in [0, 0.05) is 18.6 Å². The van der Waals surface area contributed by atoms with Crippen molar-refractivity contribution in [2.75, 3.05) is 0 Å². The Kier molecular flexibility index (Phi) is 6.76. The highest BCUT2D eigenvalue weighted by Crippen LogP contribution is 2.37. The minimum absolute atomic E-state index is 0.203. The van der Waals surface area contributed by atoms with Gasteiger partial charge in [-0.3, -0.25) is 9.69 Å². The molecule has 33 heavy (non-hydrogen) atoms. The van der Waals surface area contributed by atoms with Gasteiger partial charge in [0.15, 0.2) is 0 Å². The lowest BCUT2D eigenvalue weighted by Gasteiger charge is -2.29. The fourth-order valence-electron chi connectivity index (χ4n) is 3.58. The summed E-state index contributed by atoms with van der Waals surface area (Å²) in [7, 11) is 0. The lowest BCUT2D eigenvalue weighted by molar-refractivity contribution is -0.137. The van der Waals surface area contributed by atoms with Crippen molar-refractivity contribution >= 4 is 17.2 Å². The summed E-state index contributed by atoms with van der Waals surface area (Å²) < 4.78 is 52.4. The zero-order valence-electron chi connectivity index (χ0n) is 17.8. The van der Waals surface area contributed by atoms with Gasteiger partial charge in [0.2, 0.25) is 5.01 Å². The molecule has 0 radical (unpaired) electrons.